The molecule has 2 unspecified atom stereocenters. The van der Waals surface area contributed by atoms with E-state index in [1.165, 1.54) is 12.1 Å². The molecule has 2 aliphatic heterocycles. The predicted molar refractivity (Wildman–Crippen MR) is 108 cm³/mol. The summed E-state index contributed by atoms with van der Waals surface area (Å²) in [4.78, 5) is 27.4. The van der Waals surface area contributed by atoms with Crippen LogP contribution in [0.5, 0.6) is 0 Å². The molecule has 0 aliphatic carbocycles. The molecule has 0 bridgehead atoms. The fourth-order valence-corrected chi connectivity index (χ4v) is 4.08. The third-order valence-corrected chi connectivity index (χ3v) is 5.75. The highest BCUT2D eigenvalue weighted by atomic mass is 19.1. The van der Waals surface area contributed by atoms with E-state index in [2.05, 4.69) is 16.2 Å². The van der Waals surface area contributed by atoms with Crippen molar-refractivity contribution in [1.29, 1.82) is 0 Å². The number of carbonyl (C=O) groups excluding carboxylic acids is 2. The summed E-state index contributed by atoms with van der Waals surface area (Å²) in [6.45, 7) is 1.66. The molecule has 152 valence electrons. The maximum Gasteiger partial charge on any atom is 0.229 e. The summed E-state index contributed by atoms with van der Waals surface area (Å²) in [5.74, 6) is -0.559. The summed E-state index contributed by atoms with van der Waals surface area (Å²) in [7, 11) is 0. The van der Waals surface area contributed by atoms with Gasteiger partial charge in [-0.1, -0.05) is 30.3 Å². The Morgan fingerprint density at radius 1 is 1.00 bits per heavy atom. The highest BCUT2D eigenvalue weighted by molar-refractivity contribution is 5.92. The highest BCUT2D eigenvalue weighted by Crippen LogP contribution is 2.29. The molecule has 7 heteroatoms. The molecular formula is C22H25FN4O2. The summed E-state index contributed by atoms with van der Waals surface area (Å²) in [6, 6.07) is 15.5. The Hall–Kier alpha value is -2.77. The number of para-hydroxylation sites is 1. The average Bonchev–Trinajstić information content (AvgIpc) is 3.24. The van der Waals surface area contributed by atoms with Gasteiger partial charge in [-0.2, -0.15) is 0 Å². The molecule has 2 heterocycles. The lowest BCUT2D eigenvalue weighted by Gasteiger charge is -2.34. The second-order valence-corrected chi connectivity index (χ2v) is 7.62. The van der Waals surface area contributed by atoms with E-state index in [0.717, 1.165) is 11.3 Å². The number of hydrogen-bond acceptors (Lipinski definition) is 4. The van der Waals surface area contributed by atoms with Gasteiger partial charge in [-0.05, 0) is 42.7 Å². The molecule has 0 saturated carbocycles. The van der Waals surface area contributed by atoms with Crippen LogP contribution in [0.4, 0.5) is 10.1 Å². The van der Waals surface area contributed by atoms with Crippen LogP contribution in [-0.4, -0.2) is 36.3 Å². The van der Waals surface area contributed by atoms with Gasteiger partial charge in [0.1, 0.15) is 5.82 Å². The van der Waals surface area contributed by atoms with E-state index < -0.39 is 0 Å². The second-order valence-electron chi connectivity index (χ2n) is 7.62. The average molecular weight is 396 g/mol. The maximum absolute atomic E-state index is 13.2. The fraction of sp³-hybridized carbons (Fsp3) is 0.364. The van der Waals surface area contributed by atoms with Crippen molar-refractivity contribution in [3.63, 3.8) is 0 Å². The van der Waals surface area contributed by atoms with Crippen molar-refractivity contribution < 1.29 is 14.0 Å². The van der Waals surface area contributed by atoms with Gasteiger partial charge in [0.15, 0.2) is 0 Å². The lowest BCUT2D eigenvalue weighted by molar-refractivity contribution is -0.138. The van der Waals surface area contributed by atoms with E-state index in [4.69, 9.17) is 0 Å². The van der Waals surface area contributed by atoms with E-state index in [0.29, 0.717) is 32.5 Å². The quantitative estimate of drug-likeness (QED) is 0.742. The minimum atomic E-state index is -0.293. The topological polar surface area (TPSA) is 73.5 Å². The van der Waals surface area contributed by atoms with Crippen LogP contribution in [-0.2, 0) is 9.59 Å². The number of rotatable bonds is 4. The van der Waals surface area contributed by atoms with Crippen molar-refractivity contribution in [1.82, 2.24) is 15.8 Å². The molecule has 2 amide bonds. The molecule has 0 aromatic heterocycles. The van der Waals surface area contributed by atoms with Gasteiger partial charge in [0.05, 0.1) is 12.0 Å². The first-order chi connectivity index (χ1) is 14.1. The van der Waals surface area contributed by atoms with E-state index in [1.807, 2.05) is 35.2 Å². The van der Waals surface area contributed by atoms with Crippen molar-refractivity contribution in [3.8, 4) is 0 Å². The molecule has 2 fully saturated rings. The molecule has 6 nitrogen and oxygen atoms in total. The Bertz CT molecular complexity index is 851. The Morgan fingerprint density at radius 3 is 2.38 bits per heavy atom. The molecular weight excluding hydrogens is 371 g/mol. The van der Waals surface area contributed by atoms with Crippen molar-refractivity contribution in [3.05, 3.63) is 66.0 Å². The number of benzene rings is 2. The third kappa shape index (κ3) is 4.46. The Kier molecular flexibility index (Phi) is 5.87. The molecule has 2 aliphatic rings. The first kappa shape index (κ1) is 19.5. The van der Waals surface area contributed by atoms with Crippen LogP contribution in [0.3, 0.4) is 0 Å². The largest absolute Gasteiger partial charge is 0.342 e. The van der Waals surface area contributed by atoms with Gasteiger partial charge >= 0.3 is 0 Å². The number of halogens is 1. The van der Waals surface area contributed by atoms with Crippen LogP contribution >= 0.6 is 0 Å². The number of hydrazine groups is 1. The molecule has 2 atom stereocenters. The molecule has 0 spiro atoms. The smallest absolute Gasteiger partial charge is 0.229 e. The first-order valence-corrected chi connectivity index (χ1v) is 10.0. The fourth-order valence-electron chi connectivity index (χ4n) is 4.08. The molecule has 2 aromatic carbocycles. The SMILES string of the molecule is O=C(Nc1ccccc1)C1CCN(C(=O)C2CNNC2c2ccc(F)cc2)CC1. The lowest BCUT2D eigenvalue weighted by Crippen LogP contribution is -2.45. The summed E-state index contributed by atoms with van der Waals surface area (Å²) in [5, 5.41) is 2.95. The Balaban J connectivity index is 1.33. The molecule has 0 radical (unpaired) electrons. The minimum Gasteiger partial charge on any atom is -0.342 e. The number of nitrogens with one attached hydrogen (secondary N) is 3. The van der Waals surface area contributed by atoms with E-state index >= 15 is 0 Å². The molecule has 4 rings (SSSR count). The normalized spacial score (nSPS) is 22.4. The van der Waals surface area contributed by atoms with Gasteiger partial charge in [0.2, 0.25) is 11.8 Å². The number of hydrogen-bond donors (Lipinski definition) is 3. The summed E-state index contributed by atoms with van der Waals surface area (Å²) in [6.07, 6.45) is 1.30. The van der Waals surface area contributed by atoms with Crippen LogP contribution in [0.15, 0.2) is 54.6 Å². The summed E-state index contributed by atoms with van der Waals surface area (Å²) < 4.78 is 13.2. The number of anilines is 1. The van der Waals surface area contributed by atoms with Crippen LogP contribution < -0.4 is 16.2 Å². The molecule has 3 N–H and O–H groups in total. The van der Waals surface area contributed by atoms with E-state index in [9.17, 15) is 14.0 Å². The van der Waals surface area contributed by atoms with E-state index in [-0.39, 0.29) is 35.5 Å². The standard InChI is InChI=1S/C22H25FN4O2/c23-17-8-6-15(7-9-17)20-19(14-24-26-20)22(29)27-12-10-16(11-13-27)21(28)25-18-4-2-1-3-5-18/h1-9,16,19-20,24,26H,10-14H2,(H,25,28). The number of likely N-dealkylation sites (tertiary alicyclic amines) is 1. The van der Waals surface area contributed by atoms with Gasteiger partial charge in [-0.25, -0.2) is 9.82 Å². The minimum absolute atomic E-state index is 0.0108. The number of piperidine rings is 1. The molecule has 2 aromatic rings. The Morgan fingerprint density at radius 2 is 1.69 bits per heavy atom. The number of carbonyl (C=O) groups is 2. The van der Waals surface area contributed by atoms with Crippen molar-refractivity contribution in [2.24, 2.45) is 11.8 Å². The number of nitrogens with zero attached hydrogens (tertiary/aromatic N) is 1. The zero-order valence-corrected chi connectivity index (χ0v) is 16.1. The molecule has 29 heavy (non-hydrogen) atoms. The highest BCUT2D eigenvalue weighted by Gasteiger charge is 2.38. The van der Waals surface area contributed by atoms with Crippen LogP contribution in [0.25, 0.3) is 0 Å². The van der Waals surface area contributed by atoms with Gasteiger partial charge in [0.25, 0.3) is 0 Å². The lowest BCUT2D eigenvalue weighted by atomic mass is 9.91. The van der Waals surface area contributed by atoms with Crippen molar-refractivity contribution >= 4 is 17.5 Å². The number of amides is 2. The van der Waals surface area contributed by atoms with Crippen LogP contribution in [0, 0.1) is 17.7 Å². The zero-order chi connectivity index (χ0) is 20.2. The van der Waals surface area contributed by atoms with Crippen LogP contribution in [0.1, 0.15) is 24.4 Å². The molecule has 2 saturated heterocycles. The summed E-state index contributed by atoms with van der Waals surface area (Å²) in [5.41, 5.74) is 7.86. The van der Waals surface area contributed by atoms with Gasteiger partial charge in [0, 0.05) is 31.2 Å². The first-order valence-electron chi connectivity index (χ1n) is 10.0. The van der Waals surface area contributed by atoms with E-state index in [1.54, 1.807) is 12.1 Å². The van der Waals surface area contributed by atoms with Gasteiger partial charge in [-0.3, -0.25) is 15.0 Å². The van der Waals surface area contributed by atoms with Gasteiger partial charge < -0.3 is 10.2 Å². The summed E-state index contributed by atoms with van der Waals surface area (Å²) >= 11 is 0. The predicted octanol–water partition coefficient (Wildman–Crippen LogP) is 2.47. The van der Waals surface area contributed by atoms with Crippen molar-refractivity contribution in [2.45, 2.75) is 18.9 Å². The monoisotopic (exact) mass is 396 g/mol. The third-order valence-electron chi connectivity index (χ3n) is 5.75. The maximum atomic E-state index is 13.2. The Labute approximate surface area is 169 Å². The van der Waals surface area contributed by atoms with Crippen molar-refractivity contribution in [2.75, 3.05) is 25.0 Å². The zero-order valence-electron chi connectivity index (χ0n) is 16.1. The van der Waals surface area contributed by atoms with Crippen LogP contribution in [0.2, 0.25) is 0 Å². The van der Waals surface area contributed by atoms with Gasteiger partial charge in [-0.15, -0.1) is 0 Å². The second kappa shape index (κ2) is 8.71.